The molecule has 1 N–H and O–H groups in total. The van der Waals surface area contributed by atoms with Crippen molar-refractivity contribution in [2.24, 2.45) is 0 Å². The molecule has 0 fully saturated rings. The van der Waals surface area contributed by atoms with E-state index in [2.05, 4.69) is 0 Å². The second-order valence-corrected chi connectivity index (χ2v) is 4.66. The van der Waals surface area contributed by atoms with Crippen LogP contribution in [0.2, 0.25) is 5.02 Å². The maximum atomic E-state index is 11.6. The zero-order valence-electron chi connectivity index (χ0n) is 10.5. The highest BCUT2D eigenvalue weighted by atomic mass is 35.5. The van der Waals surface area contributed by atoms with Crippen molar-refractivity contribution in [3.05, 3.63) is 62.5 Å². The molecular weight excluding hydrogens is 266 g/mol. The van der Waals surface area contributed by atoms with Gasteiger partial charge in [-0.1, -0.05) is 17.7 Å². The number of aromatic nitrogens is 1. The van der Waals surface area contributed by atoms with E-state index < -0.39 is 11.4 Å². The van der Waals surface area contributed by atoms with E-state index in [0.717, 1.165) is 11.3 Å². The highest BCUT2D eigenvalue weighted by molar-refractivity contribution is 6.31. The molecule has 5 heteroatoms. The minimum atomic E-state index is -1.24. The number of nitrogens with zero attached hydrogens (tertiary/aromatic N) is 1. The summed E-state index contributed by atoms with van der Waals surface area (Å²) in [4.78, 5) is 22.6. The zero-order chi connectivity index (χ0) is 14.2. The fraction of sp³-hybridized carbons (Fsp3) is 0.143. The third-order valence-electron chi connectivity index (χ3n) is 2.97. The van der Waals surface area contributed by atoms with Crippen LogP contribution < -0.4 is 5.43 Å². The summed E-state index contributed by atoms with van der Waals surface area (Å²) < 4.78 is 1.66. The Labute approximate surface area is 114 Å². The molecule has 0 aliphatic heterocycles. The molecule has 2 aromatic rings. The maximum Gasteiger partial charge on any atom is 0.341 e. The highest BCUT2D eigenvalue weighted by Crippen LogP contribution is 2.23. The fourth-order valence-electron chi connectivity index (χ4n) is 1.91. The molecule has 0 saturated carbocycles. The van der Waals surface area contributed by atoms with E-state index in [0.29, 0.717) is 10.7 Å². The maximum absolute atomic E-state index is 11.6. The normalized spacial score (nSPS) is 10.5. The van der Waals surface area contributed by atoms with Gasteiger partial charge in [-0.15, -0.1) is 0 Å². The molecular formula is C14H12ClNO3. The Kier molecular flexibility index (Phi) is 3.44. The average molecular weight is 278 g/mol. The number of carboxylic acids is 1. The van der Waals surface area contributed by atoms with Gasteiger partial charge in [0.15, 0.2) is 5.43 Å². The third kappa shape index (κ3) is 2.39. The number of carboxylic acid groups (broad SMARTS) is 1. The Morgan fingerprint density at radius 2 is 2.00 bits per heavy atom. The monoisotopic (exact) mass is 277 g/mol. The first-order valence-electron chi connectivity index (χ1n) is 5.64. The lowest BCUT2D eigenvalue weighted by molar-refractivity contribution is 0.0695. The number of aromatic carboxylic acids is 1. The summed E-state index contributed by atoms with van der Waals surface area (Å²) in [7, 11) is 0. The van der Waals surface area contributed by atoms with Crippen molar-refractivity contribution in [2.75, 3.05) is 0 Å². The van der Waals surface area contributed by atoms with Crippen molar-refractivity contribution < 1.29 is 9.90 Å². The van der Waals surface area contributed by atoms with Crippen molar-refractivity contribution in [3.63, 3.8) is 0 Å². The summed E-state index contributed by atoms with van der Waals surface area (Å²) in [5.74, 6) is -1.24. The second kappa shape index (κ2) is 4.90. The summed E-state index contributed by atoms with van der Waals surface area (Å²) in [6, 6.07) is 6.67. The van der Waals surface area contributed by atoms with Gasteiger partial charge in [0, 0.05) is 28.7 Å². The quantitative estimate of drug-likeness (QED) is 0.918. The van der Waals surface area contributed by atoms with Crippen LogP contribution >= 0.6 is 11.6 Å². The molecule has 2 rings (SSSR count). The van der Waals surface area contributed by atoms with Gasteiger partial charge >= 0.3 is 5.97 Å². The SMILES string of the molecule is Cc1c(Cl)cccc1-n1cc(C(=O)O)c(=O)cc1C. The van der Waals surface area contributed by atoms with Gasteiger partial charge in [0.05, 0.1) is 0 Å². The number of pyridine rings is 1. The first kappa shape index (κ1) is 13.4. The van der Waals surface area contributed by atoms with Gasteiger partial charge < -0.3 is 9.67 Å². The van der Waals surface area contributed by atoms with E-state index in [4.69, 9.17) is 16.7 Å². The summed E-state index contributed by atoms with van der Waals surface area (Å²) >= 11 is 6.06. The van der Waals surface area contributed by atoms with Crippen LogP contribution in [0.3, 0.4) is 0 Å². The minimum absolute atomic E-state index is 0.259. The number of benzene rings is 1. The lowest BCUT2D eigenvalue weighted by Crippen LogP contribution is -2.18. The molecule has 0 bridgehead atoms. The van der Waals surface area contributed by atoms with Crippen LogP contribution in [0.5, 0.6) is 0 Å². The Morgan fingerprint density at radius 3 is 2.63 bits per heavy atom. The number of rotatable bonds is 2. The third-order valence-corrected chi connectivity index (χ3v) is 3.38. The summed E-state index contributed by atoms with van der Waals surface area (Å²) in [6.45, 7) is 3.59. The van der Waals surface area contributed by atoms with Gasteiger partial charge in [0.2, 0.25) is 0 Å². The molecule has 0 amide bonds. The van der Waals surface area contributed by atoms with Gasteiger partial charge in [-0.2, -0.15) is 0 Å². The Morgan fingerprint density at radius 1 is 1.32 bits per heavy atom. The average Bonchev–Trinajstić information content (AvgIpc) is 2.33. The van der Waals surface area contributed by atoms with Crippen LogP contribution in [0, 0.1) is 13.8 Å². The second-order valence-electron chi connectivity index (χ2n) is 4.25. The van der Waals surface area contributed by atoms with Crippen molar-refractivity contribution >= 4 is 17.6 Å². The van der Waals surface area contributed by atoms with Crippen LogP contribution in [-0.2, 0) is 0 Å². The smallest absolute Gasteiger partial charge is 0.341 e. The van der Waals surface area contributed by atoms with Crippen molar-refractivity contribution in [1.29, 1.82) is 0 Å². The number of hydrogen-bond acceptors (Lipinski definition) is 2. The molecule has 1 aromatic heterocycles. The zero-order valence-corrected chi connectivity index (χ0v) is 11.2. The number of halogens is 1. The predicted molar refractivity (Wildman–Crippen MR) is 73.5 cm³/mol. The molecule has 0 atom stereocenters. The Hall–Kier alpha value is -2.07. The van der Waals surface area contributed by atoms with Gasteiger partial charge in [0.25, 0.3) is 0 Å². The van der Waals surface area contributed by atoms with E-state index in [1.165, 1.54) is 12.3 Å². The van der Waals surface area contributed by atoms with Crippen molar-refractivity contribution in [3.8, 4) is 5.69 Å². The first-order chi connectivity index (χ1) is 8.91. The molecule has 1 heterocycles. The van der Waals surface area contributed by atoms with Gasteiger partial charge in [-0.05, 0) is 31.5 Å². The lowest BCUT2D eigenvalue weighted by Gasteiger charge is -2.14. The number of aryl methyl sites for hydroxylation is 1. The number of hydrogen-bond donors (Lipinski definition) is 1. The standard InChI is InChI=1S/C14H12ClNO3/c1-8-6-13(17)10(14(18)19)7-16(8)12-5-3-4-11(15)9(12)2/h3-7H,1-2H3,(H,18,19). The summed E-state index contributed by atoms with van der Waals surface area (Å²) in [6.07, 6.45) is 1.33. The summed E-state index contributed by atoms with van der Waals surface area (Å²) in [5.41, 5.74) is 1.48. The van der Waals surface area contributed by atoms with E-state index in [9.17, 15) is 9.59 Å². The van der Waals surface area contributed by atoms with Crippen molar-refractivity contribution in [2.45, 2.75) is 13.8 Å². The highest BCUT2D eigenvalue weighted by Gasteiger charge is 2.13. The van der Waals surface area contributed by atoms with E-state index in [1.807, 2.05) is 13.0 Å². The van der Waals surface area contributed by atoms with Gasteiger partial charge in [-0.3, -0.25) is 4.79 Å². The van der Waals surface area contributed by atoms with E-state index >= 15 is 0 Å². The molecule has 19 heavy (non-hydrogen) atoms. The molecule has 0 unspecified atom stereocenters. The molecule has 98 valence electrons. The molecule has 0 radical (unpaired) electrons. The molecule has 1 aromatic carbocycles. The van der Waals surface area contributed by atoms with Crippen LogP contribution in [0.25, 0.3) is 5.69 Å². The first-order valence-corrected chi connectivity index (χ1v) is 6.01. The largest absolute Gasteiger partial charge is 0.477 e. The molecule has 0 saturated heterocycles. The Bertz CT molecular complexity index is 719. The Balaban J connectivity index is 2.76. The summed E-state index contributed by atoms with van der Waals surface area (Å²) in [5, 5.41) is 9.60. The van der Waals surface area contributed by atoms with Crippen molar-refractivity contribution in [1.82, 2.24) is 4.57 Å². The molecule has 0 aliphatic rings. The van der Waals surface area contributed by atoms with Gasteiger partial charge in [0.1, 0.15) is 5.56 Å². The number of carbonyl (C=O) groups is 1. The molecule has 4 nitrogen and oxygen atoms in total. The van der Waals surface area contributed by atoms with E-state index in [1.54, 1.807) is 23.6 Å². The lowest BCUT2D eigenvalue weighted by atomic mass is 10.1. The predicted octanol–water partition coefficient (Wildman–Crippen LogP) is 2.81. The molecule has 0 aliphatic carbocycles. The van der Waals surface area contributed by atoms with Crippen LogP contribution in [-0.4, -0.2) is 15.6 Å². The van der Waals surface area contributed by atoms with E-state index in [-0.39, 0.29) is 5.56 Å². The van der Waals surface area contributed by atoms with Crippen LogP contribution in [0.4, 0.5) is 0 Å². The van der Waals surface area contributed by atoms with Crippen LogP contribution in [0.15, 0.2) is 35.3 Å². The van der Waals surface area contributed by atoms with Crippen LogP contribution in [0.1, 0.15) is 21.6 Å². The topological polar surface area (TPSA) is 59.3 Å². The molecule has 0 spiro atoms. The van der Waals surface area contributed by atoms with Gasteiger partial charge in [-0.25, -0.2) is 4.79 Å². The fourth-order valence-corrected chi connectivity index (χ4v) is 2.08. The minimum Gasteiger partial charge on any atom is -0.477 e.